The van der Waals surface area contributed by atoms with Crippen LogP contribution in [0.1, 0.15) is 48.4 Å². The molecule has 0 N–H and O–H groups in total. The van der Waals surface area contributed by atoms with E-state index < -0.39 is 72.2 Å². The van der Waals surface area contributed by atoms with Crippen molar-refractivity contribution in [1.82, 2.24) is 4.31 Å². The molecule has 2 amide bonds. The lowest BCUT2D eigenvalue weighted by molar-refractivity contribution is -0.237. The zero-order chi connectivity index (χ0) is 25.9. The van der Waals surface area contributed by atoms with E-state index in [4.69, 9.17) is 23.7 Å². The highest BCUT2D eigenvalue weighted by Crippen LogP contribution is 2.38. The first-order chi connectivity index (χ1) is 16.5. The van der Waals surface area contributed by atoms with Crippen molar-refractivity contribution in [1.29, 1.82) is 0 Å². The lowest BCUT2D eigenvalue weighted by atomic mass is 9.99. The number of amides is 2. The van der Waals surface area contributed by atoms with Crippen LogP contribution >= 0.6 is 11.9 Å². The quantitative estimate of drug-likeness (QED) is 0.223. The van der Waals surface area contributed by atoms with Crippen LogP contribution in [0.2, 0.25) is 0 Å². The predicted octanol–water partition coefficient (Wildman–Crippen LogP) is 1.01. The number of ether oxygens (including phenoxy) is 5. The van der Waals surface area contributed by atoms with Crippen molar-refractivity contribution in [3.8, 4) is 0 Å². The summed E-state index contributed by atoms with van der Waals surface area (Å²) in [4.78, 5) is 72.8. The van der Waals surface area contributed by atoms with Crippen molar-refractivity contribution in [3.05, 3.63) is 35.4 Å². The van der Waals surface area contributed by atoms with Gasteiger partial charge in [0.25, 0.3) is 11.8 Å². The van der Waals surface area contributed by atoms with Gasteiger partial charge in [0.1, 0.15) is 12.7 Å². The van der Waals surface area contributed by atoms with E-state index >= 15 is 0 Å². The van der Waals surface area contributed by atoms with Gasteiger partial charge in [-0.25, -0.2) is 4.31 Å². The minimum atomic E-state index is -1.40. The molecule has 13 heteroatoms. The third kappa shape index (κ3) is 5.98. The van der Waals surface area contributed by atoms with E-state index in [2.05, 4.69) is 0 Å². The topological polar surface area (TPSA) is 152 Å². The maximum atomic E-state index is 12.9. The number of esters is 4. The average Bonchev–Trinajstić information content (AvgIpc) is 3.00. The Kier molecular flexibility index (Phi) is 8.12. The molecule has 3 rings (SSSR count). The molecule has 2 aliphatic heterocycles. The van der Waals surface area contributed by atoms with E-state index in [0.717, 1.165) is 32.0 Å². The monoisotopic (exact) mass is 509 g/mol. The van der Waals surface area contributed by atoms with Crippen molar-refractivity contribution < 1.29 is 52.5 Å². The number of carbonyl (C=O) groups excluding carboxylic acids is 6. The Bertz CT molecular complexity index is 1020. The van der Waals surface area contributed by atoms with Crippen LogP contribution in [0.15, 0.2) is 24.3 Å². The first kappa shape index (κ1) is 26.2. The van der Waals surface area contributed by atoms with Gasteiger partial charge in [-0.3, -0.25) is 28.8 Å². The van der Waals surface area contributed by atoms with Crippen LogP contribution in [0.25, 0.3) is 0 Å². The zero-order valence-corrected chi connectivity index (χ0v) is 20.1. The lowest BCUT2D eigenvalue weighted by Crippen LogP contribution is -2.62. The molecule has 0 saturated carbocycles. The van der Waals surface area contributed by atoms with E-state index in [1.807, 2.05) is 0 Å². The summed E-state index contributed by atoms with van der Waals surface area (Å²) in [5.41, 5.74) is -0.941. The maximum Gasteiger partial charge on any atom is 0.303 e. The summed E-state index contributed by atoms with van der Waals surface area (Å²) in [6.07, 6.45) is -5.32. The molecule has 0 bridgehead atoms. The van der Waals surface area contributed by atoms with Gasteiger partial charge >= 0.3 is 23.9 Å². The Hall–Kier alpha value is -3.45. The fraction of sp³-hybridized carbons (Fsp3) is 0.455. The summed E-state index contributed by atoms with van der Waals surface area (Å²) in [5, 5.41) is 0. The molecule has 1 aromatic carbocycles. The normalized spacial score (nSPS) is 25.5. The highest BCUT2D eigenvalue weighted by molar-refractivity contribution is 7.98. The molecule has 12 nitrogen and oxygen atoms in total. The molecule has 1 saturated heterocycles. The van der Waals surface area contributed by atoms with Crippen molar-refractivity contribution in [2.24, 2.45) is 0 Å². The van der Waals surface area contributed by atoms with Gasteiger partial charge in [-0.2, -0.15) is 0 Å². The molecule has 35 heavy (non-hydrogen) atoms. The molecule has 188 valence electrons. The summed E-state index contributed by atoms with van der Waals surface area (Å²) < 4.78 is 27.8. The Morgan fingerprint density at radius 2 is 1.29 bits per heavy atom. The lowest BCUT2D eigenvalue weighted by Gasteiger charge is -2.44. The van der Waals surface area contributed by atoms with Crippen LogP contribution in [0.5, 0.6) is 0 Å². The number of hydrogen-bond donors (Lipinski definition) is 0. The summed E-state index contributed by atoms with van der Waals surface area (Å²) in [6.45, 7) is 4.03. The summed E-state index contributed by atoms with van der Waals surface area (Å²) in [6, 6.07) is 6.19. The van der Waals surface area contributed by atoms with Crippen molar-refractivity contribution >= 4 is 47.6 Å². The van der Waals surface area contributed by atoms with Gasteiger partial charge in [0, 0.05) is 27.7 Å². The second kappa shape index (κ2) is 10.9. The maximum absolute atomic E-state index is 12.9. The molecule has 5 atom stereocenters. The van der Waals surface area contributed by atoms with Crippen LogP contribution < -0.4 is 0 Å². The summed E-state index contributed by atoms with van der Waals surface area (Å²) >= 11 is 0.603. The third-order valence-electron chi connectivity index (χ3n) is 4.91. The smallest absolute Gasteiger partial charge is 0.303 e. The van der Waals surface area contributed by atoms with Gasteiger partial charge in [-0.1, -0.05) is 12.1 Å². The van der Waals surface area contributed by atoms with Gasteiger partial charge in [0.2, 0.25) is 0 Å². The summed E-state index contributed by atoms with van der Waals surface area (Å²) in [7, 11) is 0. The molecule has 0 aliphatic carbocycles. The van der Waals surface area contributed by atoms with E-state index in [0.29, 0.717) is 11.9 Å². The Morgan fingerprint density at radius 1 is 0.800 bits per heavy atom. The Balaban J connectivity index is 1.98. The van der Waals surface area contributed by atoms with Crippen LogP contribution in [0, 0.1) is 0 Å². The highest BCUT2D eigenvalue weighted by atomic mass is 32.2. The molecule has 2 heterocycles. The number of imide groups is 1. The largest absolute Gasteiger partial charge is 0.463 e. The second-order valence-corrected chi connectivity index (χ2v) is 8.66. The van der Waals surface area contributed by atoms with E-state index in [-0.39, 0.29) is 11.1 Å². The molecule has 0 unspecified atom stereocenters. The zero-order valence-electron chi connectivity index (χ0n) is 19.2. The van der Waals surface area contributed by atoms with Crippen molar-refractivity contribution in [2.75, 3.05) is 6.61 Å². The Labute approximate surface area is 204 Å². The summed E-state index contributed by atoms with van der Waals surface area (Å²) in [5.74, 6) is -4.25. The van der Waals surface area contributed by atoms with Crippen LogP contribution in [0.3, 0.4) is 0 Å². The fourth-order valence-electron chi connectivity index (χ4n) is 3.64. The number of fused-ring (bicyclic) bond motifs is 1. The van der Waals surface area contributed by atoms with Gasteiger partial charge in [-0.15, -0.1) is 0 Å². The molecule has 1 aromatic rings. The van der Waals surface area contributed by atoms with Gasteiger partial charge < -0.3 is 23.7 Å². The SMILES string of the molecule is CC(=O)OC[C@H]1O[C@@H](SN2C(=O)c3ccccc3C2=O)[C@H](OC(C)=O)[C@@H](OC(C)=O)[C@@H]1OC(C)=O. The van der Waals surface area contributed by atoms with Crippen LogP contribution in [-0.4, -0.2) is 76.5 Å². The molecule has 0 aromatic heterocycles. The molecule has 2 aliphatic rings. The van der Waals surface area contributed by atoms with E-state index in [1.54, 1.807) is 12.1 Å². The number of nitrogens with zero attached hydrogens (tertiary/aromatic N) is 1. The number of carbonyl (C=O) groups is 6. The highest BCUT2D eigenvalue weighted by Gasteiger charge is 2.54. The van der Waals surface area contributed by atoms with Gasteiger partial charge in [-0.05, 0) is 24.1 Å². The number of rotatable bonds is 7. The minimum absolute atomic E-state index is 0.177. The van der Waals surface area contributed by atoms with Crippen LogP contribution in [0.4, 0.5) is 0 Å². The molecule has 0 radical (unpaired) electrons. The average molecular weight is 509 g/mol. The third-order valence-corrected chi connectivity index (χ3v) is 6.04. The fourth-order valence-corrected chi connectivity index (χ4v) is 4.76. The van der Waals surface area contributed by atoms with Crippen molar-refractivity contribution in [2.45, 2.75) is 57.5 Å². The van der Waals surface area contributed by atoms with Crippen LogP contribution in [-0.2, 0) is 42.9 Å². The molecule has 0 spiro atoms. The van der Waals surface area contributed by atoms with E-state index in [9.17, 15) is 28.8 Å². The van der Waals surface area contributed by atoms with Gasteiger partial charge in [0.05, 0.1) is 11.1 Å². The Morgan fingerprint density at radius 3 is 1.77 bits per heavy atom. The molecular weight excluding hydrogens is 486 g/mol. The number of benzene rings is 1. The van der Waals surface area contributed by atoms with E-state index in [1.165, 1.54) is 12.1 Å². The standard InChI is InChI=1S/C22H23NO11S/c1-10(24)30-9-16-17(31-11(2)25)18(32-12(3)26)19(33-13(4)27)22(34-16)35-23-20(28)14-7-5-6-8-15(14)21(23)29/h5-8,16-19,22H,9H2,1-4H3/t16-,17-,18+,19-,22+/m1/s1. The second-order valence-electron chi connectivity index (χ2n) is 7.62. The molecular formula is C22H23NO11S. The number of hydrogen-bond acceptors (Lipinski definition) is 12. The van der Waals surface area contributed by atoms with Crippen molar-refractivity contribution in [3.63, 3.8) is 0 Å². The molecule has 1 fully saturated rings. The predicted molar refractivity (Wildman–Crippen MR) is 116 cm³/mol. The first-order valence-electron chi connectivity index (χ1n) is 10.4. The first-order valence-corrected chi connectivity index (χ1v) is 11.3. The van der Waals surface area contributed by atoms with Gasteiger partial charge in [0.15, 0.2) is 23.7 Å². The minimum Gasteiger partial charge on any atom is -0.463 e.